The maximum absolute atomic E-state index is 12.5. The molecule has 144 valence electrons. The molecule has 1 aromatic carbocycles. The first kappa shape index (κ1) is 19.5. The molecule has 1 aromatic heterocycles. The smallest absolute Gasteiger partial charge is 0.260 e. The number of ether oxygens (including phenoxy) is 3. The first-order valence-corrected chi connectivity index (χ1v) is 9.19. The summed E-state index contributed by atoms with van der Waals surface area (Å²) in [5, 5.41) is 0.877. The van der Waals surface area contributed by atoms with Crippen molar-refractivity contribution in [2.45, 2.75) is 18.9 Å². The molecule has 0 N–H and O–H groups in total. The van der Waals surface area contributed by atoms with Crippen LogP contribution in [0.2, 0.25) is 10.0 Å². The van der Waals surface area contributed by atoms with Crippen LogP contribution in [0.4, 0.5) is 0 Å². The number of hydrogen-bond donors (Lipinski definition) is 0. The Kier molecular flexibility index (Phi) is 6.58. The van der Waals surface area contributed by atoms with E-state index >= 15 is 0 Å². The van der Waals surface area contributed by atoms with Crippen LogP contribution in [0.15, 0.2) is 30.6 Å². The number of amides is 1. The zero-order valence-corrected chi connectivity index (χ0v) is 16.2. The molecule has 1 aliphatic rings. The quantitative estimate of drug-likeness (QED) is 0.726. The number of piperidine rings is 1. The van der Waals surface area contributed by atoms with Crippen LogP contribution in [0.5, 0.6) is 17.5 Å². The van der Waals surface area contributed by atoms with Crippen LogP contribution >= 0.6 is 23.2 Å². The third kappa shape index (κ3) is 5.37. The van der Waals surface area contributed by atoms with Crippen molar-refractivity contribution in [3.8, 4) is 17.5 Å². The van der Waals surface area contributed by atoms with Gasteiger partial charge >= 0.3 is 0 Å². The molecular weight excluding hydrogens is 393 g/mol. The zero-order valence-electron chi connectivity index (χ0n) is 14.7. The number of methoxy groups -OCH3 is 1. The molecule has 2 heterocycles. The Bertz CT molecular complexity index is 806. The van der Waals surface area contributed by atoms with E-state index in [1.54, 1.807) is 23.1 Å². The van der Waals surface area contributed by atoms with E-state index in [1.807, 2.05) is 0 Å². The number of carbonyl (C=O) groups is 1. The van der Waals surface area contributed by atoms with Crippen molar-refractivity contribution in [1.29, 1.82) is 0 Å². The average Bonchev–Trinajstić information content (AvgIpc) is 2.67. The van der Waals surface area contributed by atoms with Crippen LogP contribution in [0.3, 0.4) is 0 Å². The fourth-order valence-electron chi connectivity index (χ4n) is 2.74. The first-order chi connectivity index (χ1) is 13.0. The highest BCUT2D eigenvalue weighted by atomic mass is 35.5. The summed E-state index contributed by atoms with van der Waals surface area (Å²) in [6.45, 7) is 1.00. The second-order valence-electron chi connectivity index (χ2n) is 5.98. The topological polar surface area (TPSA) is 73.8 Å². The summed E-state index contributed by atoms with van der Waals surface area (Å²) in [5.74, 6) is 1.04. The highest BCUT2D eigenvalue weighted by Gasteiger charge is 2.25. The second kappa shape index (κ2) is 9.10. The van der Waals surface area contributed by atoms with E-state index in [1.165, 1.54) is 19.5 Å². The first-order valence-electron chi connectivity index (χ1n) is 8.43. The molecular formula is C18H19Cl2N3O4. The Labute approximate surface area is 167 Å². The third-order valence-corrected chi connectivity index (χ3v) is 4.59. The number of rotatable bonds is 6. The largest absolute Gasteiger partial charge is 0.482 e. The van der Waals surface area contributed by atoms with Gasteiger partial charge in [0.2, 0.25) is 11.8 Å². The number of likely N-dealkylation sites (tertiary alicyclic amines) is 1. The number of carbonyl (C=O) groups excluding carboxylic acids is 1. The Hall–Kier alpha value is -2.25. The van der Waals surface area contributed by atoms with Crippen molar-refractivity contribution >= 4 is 29.1 Å². The van der Waals surface area contributed by atoms with Crippen molar-refractivity contribution in [2.75, 3.05) is 26.8 Å². The van der Waals surface area contributed by atoms with E-state index in [9.17, 15) is 4.79 Å². The molecule has 1 saturated heterocycles. The lowest BCUT2D eigenvalue weighted by Gasteiger charge is -2.32. The maximum Gasteiger partial charge on any atom is 0.260 e. The highest BCUT2D eigenvalue weighted by Crippen LogP contribution is 2.27. The summed E-state index contributed by atoms with van der Waals surface area (Å²) < 4.78 is 16.4. The van der Waals surface area contributed by atoms with Gasteiger partial charge < -0.3 is 19.1 Å². The van der Waals surface area contributed by atoms with Crippen molar-refractivity contribution in [3.05, 3.63) is 40.6 Å². The van der Waals surface area contributed by atoms with Crippen LogP contribution in [-0.2, 0) is 4.79 Å². The molecule has 0 spiro atoms. The van der Waals surface area contributed by atoms with Crippen LogP contribution in [0.25, 0.3) is 0 Å². The van der Waals surface area contributed by atoms with E-state index in [2.05, 4.69) is 9.97 Å². The lowest BCUT2D eigenvalue weighted by molar-refractivity contribution is -0.136. The van der Waals surface area contributed by atoms with Gasteiger partial charge in [-0.25, -0.2) is 0 Å². The Morgan fingerprint density at radius 3 is 2.89 bits per heavy atom. The molecule has 1 fully saturated rings. The molecule has 3 rings (SSSR count). The van der Waals surface area contributed by atoms with Crippen LogP contribution in [0.1, 0.15) is 12.8 Å². The van der Waals surface area contributed by atoms with Gasteiger partial charge in [-0.05, 0) is 31.0 Å². The number of nitrogens with zero attached hydrogens (tertiary/aromatic N) is 3. The fourth-order valence-corrected chi connectivity index (χ4v) is 3.20. The van der Waals surface area contributed by atoms with Gasteiger partial charge in [0.15, 0.2) is 6.61 Å². The number of aromatic nitrogens is 2. The second-order valence-corrected chi connectivity index (χ2v) is 6.83. The monoisotopic (exact) mass is 411 g/mol. The van der Waals surface area contributed by atoms with Gasteiger partial charge in [-0.2, -0.15) is 4.98 Å². The lowest BCUT2D eigenvalue weighted by atomic mass is 10.1. The predicted molar refractivity (Wildman–Crippen MR) is 101 cm³/mol. The predicted octanol–water partition coefficient (Wildman–Crippen LogP) is 3.24. The molecule has 0 radical (unpaired) electrons. The Morgan fingerprint density at radius 2 is 2.11 bits per heavy atom. The lowest BCUT2D eigenvalue weighted by Crippen LogP contribution is -2.46. The van der Waals surface area contributed by atoms with Crippen molar-refractivity contribution in [2.24, 2.45) is 0 Å². The molecule has 0 saturated carbocycles. The summed E-state index contributed by atoms with van der Waals surface area (Å²) in [7, 11) is 1.52. The summed E-state index contributed by atoms with van der Waals surface area (Å²) >= 11 is 11.9. The summed E-state index contributed by atoms with van der Waals surface area (Å²) in [5.41, 5.74) is 0. The normalized spacial score (nSPS) is 16.7. The van der Waals surface area contributed by atoms with E-state index in [4.69, 9.17) is 37.4 Å². The van der Waals surface area contributed by atoms with E-state index in [-0.39, 0.29) is 18.6 Å². The molecule has 1 atom stereocenters. The third-order valence-electron chi connectivity index (χ3n) is 4.06. The van der Waals surface area contributed by atoms with Crippen molar-refractivity contribution in [1.82, 2.24) is 14.9 Å². The number of hydrogen-bond acceptors (Lipinski definition) is 6. The number of halogens is 2. The molecule has 0 bridgehead atoms. The van der Waals surface area contributed by atoms with Crippen molar-refractivity contribution in [3.63, 3.8) is 0 Å². The average molecular weight is 412 g/mol. The molecule has 7 nitrogen and oxygen atoms in total. The molecule has 27 heavy (non-hydrogen) atoms. The van der Waals surface area contributed by atoms with E-state index in [0.29, 0.717) is 40.6 Å². The molecule has 0 aliphatic carbocycles. The van der Waals surface area contributed by atoms with Gasteiger partial charge in [0, 0.05) is 11.6 Å². The highest BCUT2D eigenvalue weighted by molar-refractivity contribution is 6.35. The van der Waals surface area contributed by atoms with Gasteiger partial charge in [-0.3, -0.25) is 9.78 Å². The molecule has 9 heteroatoms. The summed E-state index contributed by atoms with van der Waals surface area (Å²) in [4.78, 5) is 22.4. The summed E-state index contributed by atoms with van der Waals surface area (Å²) in [6.07, 6.45) is 4.52. The van der Waals surface area contributed by atoms with Crippen molar-refractivity contribution < 1.29 is 19.0 Å². The molecule has 2 aromatic rings. The van der Waals surface area contributed by atoms with Crippen LogP contribution in [-0.4, -0.2) is 53.7 Å². The molecule has 1 amide bonds. The van der Waals surface area contributed by atoms with Gasteiger partial charge in [0.25, 0.3) is 5.91 Å². The van der Waals surface area contributed by atoms with Gasteiger partial charge in [-0.15, -0.1) is 0 Å². The fraction of sp³-hybridized carbons (Fsp3) is 0.389. The Balaban J connectivity index is 1.54. The van der Waals surface area contributed by atoms with Gasteiger partial charge in [-0.1, -0.05) is 23.2 Å². The molecule has 1 unspecified atom stereocenters. The van der Waals surface area contributed by atoms with Crippen LogP contribution in [0, 0.1) is 0 Å². The van der Waals surface area contributed by atoms with E-state index < -0.39 is 0 Å². The zero-order chi connectivity index (χ0) is 19.2. The minimum atomic E-state index is -0.164. The SMILES string of the molecule is COc1cncc(OC2CCCN(C(=O)COc3ccc(Cl)cc3Cl)C2)n1. The minimum absolute atomic E-state index is 0.104. The Morgan fingerprint density at radius 1 is 1.30 bits per heavy atom. The maximum atomic E-state index is 12.5. The molecule has 1 aliphatic heterocycles. The van der Waals surface area contributed by atoms with Gasteiger partial charge in [0.05, 0.1) is 31.1 Å². The standard InChI is InChI=1S/C18H19Cl2N3O4/c1-25-16-8-21-9-17(22-16)27-13-3-2-6-23(10-13)18(24)11-26-15-5-4-12(19)7-14(15)20/h4-5,7-9,13H,2-3,6,10-11H2,1H3. The summed E-state index contributed by atoms with van der Waals surface area (Å²) in [6, 6.07) is 4.87. The number of benzene rings is 1. The van der Waals surface area contributed by atoms with Crippen LogP contribution < -0.4 is 14.2 Å². The van der Waals surface area contributed by atoms with E-state index in [0.717, 1.165) is 12.8 Å². The minimum Gasteiger partial charge on any atom is -0.482 e. The van der Waals surface area contributed by atoms with Gasteiger partial charge in [0.1, 0.15) is 11.9 Å².